The van der Waals surface area contributed by atoms with Gasteiger partial charge >= 0.3 is 0 Å². The molecule has 0 saturated carbocycles. The first-order chi connectivity index (χ1) is 9.08. The number of fused-ring (bicyclic) bond motifs is 1. The van der Waals surface area contributed by atoms with Crippen LogP contribution in [0.2, 0.25) is 0 Å². The van der Waals surface area contributed by atoms with Crippen molar-refractivity contribution in [1.82, 2.24) is 9.38 Å². The molecule has 0 N–H and O–H groups in total. The standard InChI is InChI=1S/C15H12BrFN2/c1-9-13(16)7-8-14-18-15(10(2)19(9)14)11-3-5-12(17)6-4-11/h3-8H,1-2H3. The monoisotopic (exact) mass is 318 g/mol. The molecule has 0 atom stereocenters. The van der Waals surface area contributed by atoms with E-state index in [4.69, 9.17) is 0 Å². The van der Waals surface area contributed by atoms with Gasteiger partial charge in [-0.1, -0.05) is 0 Å². The predicted octanol–water partition coefficient (Wildman–Crippen LogP) is 4.52. The third-order valence-corrected chi connectivity index (χ3v) is 4.15. The third-order valence-electron chi connectivity index (χ3n) is 3.31. The van der Waals surface area contributed by atoms with Crippen molar-refractivity contribution in [1.29, 1.82) is 0 Å². The summed E-state index contributed by atoms with van der Waals surface area (Å²) in [5, 5.41) is 0. The Balaban J connectivity index is 2.28. The van der Waals surface area contributed by atoms with Crippen LogP contribution >= 0.6 is 15.9 Å². The number of rotatable bonds is 1. The van der Waals surface area contributed by atoms with Crippen LogP contribution < -0.4 is 0 Å². The van der Waals surface area contributed by atoms with Gasteiger partial charge in [0.05, 0.1) is 5.69 Å². The third kappa shape index (κ3) is 1.96. The van der Waals surface area contributed by atoms with E-state index in [-0.39, 0.29) is 5.82 Å². The van der Waals surface area contributed by atoms with E-state index in [9.17, 15) is 4.39 Å². The molecule has 0 spiro atoms. The highest BCUT2D eigenvalue weighted by Crippen LogP contribution is 2.27. The van der Waals surface area contributed by atoms with Crippen LogP contribution in [0.5, 0.6) is 0 Å². The van der Waals surface area contributed by atoms with Crippen molar-refractivity contribution < 1.29 is 4.39 Å². The van der Waals surface area contributed by atoms with Gasteiger partial charge in [-0.2, -0.15) is 0 Å². The molecule has 4 heteroatoms. The Bertz CT molecular complexity index is 760. The number of aromatic nitrogens is 2. The zero-order chi connectivity index (χ0) is 13.6. The van der Waals surface area contributed by atoms with E-state index in [0.29, 0.717) is 0 Å². The van der Waals surface area contributed by atoms with E-state index >= 15 is 0 Å². The first-order valence-electron chi connectivity index (χ1n) is 5.98. The SMILES string of the molecule is Cc1c(Br)ccc2nc(-c3ccc(F)cc3)c(C)n12. The van der Waals surface area contributed by atoms with Crippen molar-refractivity contribution in [3.8, 4) is 11.3 Å². The number of hydrogen-bond donors (Lipinski definition) is 0. The average molecular weight is 319 g/mol. The zero-order valence-corrected chi connectivity index (χ0v) is 12.2. The Labute approximate surface area is 119 Å². The van der Waals surface area contributed by atoms with Gasteiger partial charge in [0, 0.05) is 21.4 Å². The highest BCUT2D eigenvalue weighted by Gasteiger charge is 2.12. The van der Waals surface area contributed by atoms with Crippen LogP contribution in [0, 0.1) is 19.7 Å². The Morgan fingerprint density at radius 1 is 1.00 bits per heavy atom. The molecule has 2 heterocycles. The fourth-order valence-electron chi connectivity index (χ4n) is 2.31. The molecule has 2 nitrogen and oxygen atoms in total. The summed E-state index contributed by atoms with van der Waals surface area (Å²) < 4.78 is 16.1. The number of imidazole rings is 1. The van der Waals surface area contributed by atoms with E-state index < -0.39 is 0 Å². The number of aryl methyl sites for hydroxylation is 2. The van der Waals surface area contributed by atoms with Crippen molar-refractivity contribution >= 4 is 21.6 Å². The van der Waals surface area contributed by atoms with Crippen LogP contribution in [0.4, 0.5) is 4.39 Å². The highest BCUT2D eigenvalue weighted by molar-refractivity contribution is 9.10. The maximum absolute atomic E-state index is 13.0. The smallest absolute Gasteiger partial charge is 0.137 e. The topological polar surface area (TPSA) is 17.3 Å². The van der Waals surface area contributed by atoms with Crippen molar-refractivity contribution in [3.63, 3.8) is 0 Å². The number of benzene rings is 1. The molecule has 0 fully saturated rings. The number of pyridine rings is 1. The van der Waals surface area contributed by atoms with Gasteiger partial charge in [0.1, 0.15) is 11.5 Å². The minimum Gasteiger partial charge on any atom is -0.300 e. The lowest BCUT2D eigenvalue weighted by Gasteiger charge is -2.04. The lowest BCUT2D eigenvalue weighted by atomic mass is 10.1. The van der Waals surface area contributed by atoms with Crippen molar-refractivity contribution in [2.24, 2.45) is 0 Å². The molecule has 2 aromatic heterocycles. The highest BCUT2D eigenvalue weighted by atomic mass is 79.9. The van der Waals surface area contributed by atoms with Crippen molar-refractivity contribution in [2.45, 2.75) is 13.8 Å². The zero-order valence-electron chi connectivity index (χ0n) is 10.6. The van der Waals surface area contributed by atoms with Crippen LogP contribution in [-0.2, 0) is 0 Å². The lowest BCUT2D eigenvalue weighted by molar-refractivity contribution is 0.628. The summed E-state index contributed by atoms with van der Waals surface area (Å²) in [6, 6.07) is 10.4. The lowest BCUT2D eigenvalue weighted by Crippen LogP contribution is -1.94. The van der Waals surface area contributed by atoms with Gasteiger partial charge in [0.25, 0.3) is 0 Å². The molecule has 0 saturated heterocycles. The van der Waals surface area contributed by atoms with E-state index in [1.54, 1.807) is 12.1 Å². The van der Waals surface area contributed by atoms with Gasteiger partial charge in [-0.3, -0.25) is 4.40 Å². The first kappa shape index (κ1) is 12.4. The van der Waals surface area contributed by atoms with Gasteiger partial charge < -0.3 is 0 Å². The van der Waals surface area contributed by atoms with Gasteiger partial charge in [0.15, 0.2) is 0 Å². The van der Waals surface area contributed by atoms with E-state index in [1.165, 1.54) is 12.1 Å². The van der Waals surface area contributed by atoms with Gasteiger partial charge in [-0.05, 0) is 66.2 Å². The van der Waals surface area contributed by atoms with Crippen molar-refractivity contribution in [2.75, 3.05) is 0 Å². The second kappa shape index (κ2) is 4.46. The first-order valence-corrected chi connectivity index (χ1v) is 6.77. The molecule has 19 heavy (non-hydrogen) atoms. The summed E-state index contributed by atoms with van der Waals surface area (Å²) in [5.74, 6) is -0.232. The summed E-state index contributed by atoms with van der Waals surface area (Å²) in [7, 11) is 0. The van der Waals surface area contributed by atoms with E-state index in [2.05, 4.69) is 25.3 Å². The molecule has 3 aromatic rings. The maximum Gasteiger partial charge on any atom is 0.137 e. The van der Waals surface area contributed by atoms with Gasteiger partial charge in [0.2, 0.25) is 0 Å². The van der Waals surface area contributed by atoms with E-state index in [0.717, 1.165) is 32.8 Å². The molecule has 0 bridgehead atoms. The number of nitrogens with zero attached hydrogens (tertiary/aromatic N) is 2. The van der Waals surface area contributed by atoms with Crippen LogP contribution in [0.1, 0.15) is 11.4 Å². The largest absolute Gasteiger partial charge is 0.300 e. The molecule has 0 aliphatic rings. The molecule has 0 aliphatic heterocycles. The second-order valence-electron chi connectivity index (χ2n) is 4.51. The Kier molecular flexibility index (Phi) is 2.90. The minimum absolute atomic E-state index is 0.232. The molecule has 1 aromatic carbocycles. The average Bonchev–Trinajstić information content (AvgIpc) is 2.73. The minimum atomic E-state index is -0.232. The normalized spacial score (nSPS) is 11.2. The molecule has 0 amide bonds. The second-order valence-corrected chi connectivity index (χ2v) is 5.37. The summed E-state index contributed by atoms with van der Waals surface area (Å²) in [6.45, 7) is 4.07. The summed E-state index contributed by atoms with van der Waals surface area (Å²) >= 11 is 3.53. The fraction of sp³-hybridized carbons (Fsp3) is 0.133. The molecule has 0 aliphatic carbocycles. The van der Waals surface area contributed by atoms with E-state index in [1.807, 2.05) is 26.0 Å². The fourth-order valence-corrected chi connectivity index (χ4v) is 2.62. The molecule has 0 unspecified atom stereocenters. The van der Waals surface area contributed by atoms with Crippen molar-refractivity contribution in [3.05, 3.63) is 58.1 Å². The summed E-state index contributed by atoms with van der Waals surface area (Å²) in [5.41, 5.74) is 4.88. The quantitative estimate of drug-likeness (QED) is 0.644. The van der Waals surface area contributed by atoms with Crippen LogP contribution in [0.3, 0.4) is 0 Å². The van der Waals surface area contributed by atoms with Crippen LogP contribution in [0.25, 0.3) is 16.9 Å². The predicted molar refractivity (Wildman–Crippen MR) is 77.8 cm³/mol. The van der Waals surface area contributed by atoms with Gasteiger partial charge in [-0.25, -0.2) is 9.37 Å². The number of halogens is 2. The Hall–Kier alpha value is -1.68. The van der Waals surface area contributed by atoms with Crippen LogP contribution in [0.15, 0.2) is 40.9 Å². The molecule has 96 valence electrons. The molecule has 3 rings (SSSR count). The number of hydrogen-bond acceptors (Lipinski definition) is 1. The maximum atomic E-state index is 13.0. The Morgan fingerprint density at radius 3 is 2.37 bits per heavy atom. The molecular weight excluding hydrogens is 307 g/mol. The van der Waals surface area contributed by atoms with Crippen LogP contribution in [-0.4, -0.2) is 9.38 Å². The summed E-state index contributed by atoms with van der Waals surface area (Å²) in [6.07, 6.45) is 0. The summed E-state index contributed by atoms with van der Waals surface area (Å²) in [4.78, 5) is 4.63. The Morgan fingerprint density at radius 2 is 1.68 bits per heavy atom. The van der Waals surface area contributed by atoms with Gasteiger partial charge in [-0.15, -0.1) is 0 Å². The molecular formula is C15H12BrFN2. The molecule has 0 radical (unpaired) electrons.